The first-order valence-corrected chi connectivity index (χ1v) is 5.41. The van der Waals surface area contributed by atoms with Gasteiger partial charge in [0.05, 0.1) is 13.2 Å². The monoisotopic (exact) mass is 290 g/mol. The van der Waals surface area contributed by atoms with Gasteiger partial charge in [-0.1, -0.05) is 0 Å². The van der Waals surface area contributed by atoms with Crippen LogP contribution in [0.5, 0.6) is 0 Å². The zero-order chi connectivity index (χ0) is 15.7. The van der Waals surface area contributed by atoms with Gasteiger partial charge in [0.2, 0.25) is 0 Å². The molecule has 0 atom stereocenters. The number of carboxylic acids is 2. The quantitative estimate of drug-likeness (QED) is 0.493. The van der Waals surface area contributed by atoms with Crippen LogP contribution < -0.4 is 10.6 Å². The van der Waals surface area contributed by atoms with Gasteiger partial charge in [-0.2, -0.15) is 0 Å². The molecule has 0 aromatic carbocycles. The van der Waals surface area contributed by atoms with E-state index in [4.69, 9.17) is 10.2 Å². The molecule has 0 rings (SSSR count). The van der Waals surface area contributed by atoms with E-state index in [2.05, 4.69) is 9.47 Å². The Hall–Kier alpha value is -2.78. The van der Waals surface area contributed by atoms with E-state index in [-0.39, 0.29) is 13.2 Å². The molecule has 0 aliphatic rings. The molecule has 0 aliphatic carbocycles. The van der Waals surface area contributed by atoms with Gasteiger partial charge in [-0.3, -0.25) is 10.6 Å². The number of rotatable bonds is 6. The fourth-order valence-corrected chi connectivity index (χ4v) is 0.984. The third-order valence-electron chi connectivity index (χ3n) is 1.68. The number of hydrogen-bond donors (Lipinski definition) is 4. The highest BCUT2D eigenvalue weighted by Crippen LogP contribution is 2.01. The molecule has 0 saturated heterocycles. The summed E-state index contributed by atoms with van der Waals surface area (Å²) in [7, 11) is 0. The Bertz CT molecular complexity index is 403. The number of alkyl carbamates (subject to hydrolysis) is 2. The maximum Gasteiger partial charge on any atom is 0.411 e. The van der Waals surface area contributed by atoms with E-state index in [9.17, 15) is 19.2 Å². The molecule has 10 heteroatoms. The van der Waals surface area contributed by atoms with Crippen LogP contribution in [0.4, 0.5) is 9.59 Å². The predicted molar refractivity (Wildman–Crippen MR) is 62.6 cm³/mol. The molecule has 0 aromatic heterocycles. The minimum absolute atomic E-state index is 0.0492. The molecule has 112 valence electrons. The smallest absolute Gasteiger partial charge is 0.411 e. The van der Waals surface area contributed by atoms with Crippen molar-refractivity contribution in [2.24, 2.45) is 0 Å². The minimum atomic E-state index is -1.77. The molecule has 0 fully saturated rings. The van der Waals surface area contributed by atoms with Crippen LogP contribution in [-0.4, -0.2) is 47.6 Å². The van der Waals surface area contributed by atoms with Crippen molar-refractivity contribution in [1.29, 1.82) is 0 Å². The topological polar surface area (TPSA) is 151 Å². The van der Waals surface area contributed by atoms with E-state index in [0.717, 1.165) is 0 Å². The largest absolute Gasteiger partial charge is 0.477 e. The highest BCUT2D eigenvalue weighted by atomic mass is 16.6. The summed E-state index contributed by atoms with van der Waals surface area (Å²) in [6.45, 7) is 2.84. The molecule has 0 aromatic rings. The SMILES string of the molecule is CCOC(=O)N/C(C(=O)O)=C(/NC(=O)OCC)C(=O)O. The number of aliphatic carboxylic acids is 2. The van der Waals surface area contributed by atoms with Gasteiger partial charge in [-0.25, -0.2) is 19.2 Å². The van der Waals surface area contributed by atoms with Crippen molar-refractivity contribution in [3.05, 3.63) is 11.4 Å². The lowest BCUT2D eigenvalue weighted by atomic mass is 10.3. The molecule has 0 spiro atoms. The number of nitrogens with one attached hydrogen (secondary N) is 2. The summed E-state index contributed by atoms with van der Waals surface area (Å²) in [6.07, 6.45) is -2.34. The van der Waals surface area contributed by atoms with Crippen LogP contribution in [0.3, 0.4) is 0 Å². The number of hydrogen-bond acceptors (Lipinski definition) is 6. The summed E-state index contributed by atoms with van der Waals surface area (Å²) in [5, 5.41) is 21.2. The van der Waals surface area contributed by atoms with Gasteiger partial charge < -0.3 is 19.7 Å². The van der Waals surface area contributed by atoms with Crippen molar-refractivity contribution in [3.8, 4) is 0 Å². The third kappa shape index (κ3) is 5.71. The summed E-state index contributed by atoms with van der Waals surface area (Å²) >= 11 is 0. The third-order valence-corrected chi connectivity index (χ3v) is 1.68. The van der Waals surface area contributed by atoms with Crippen LogP contribution in [0.25, 0.3) is 0 Å². The molecule has 4 N–H and O–H groups in total. The molecule has 0 bridgehead atoms. The van der Waals surface area contributed by atoms with E-state index in [1.807, 2.05) is 0 Å². The molecule has 0 unspecified atom stereocenters. The fraction of sp³-hybridized carbons (Fsp3) is 0.400. The summed E-state index contributed by atoms with van der Waals surface area (Å²) in [6, 6.07) is 0. The van der Waals surface area contributed by atoms with Gasteiger partial charge in [-0.15, -0.1) is 0 Å². The summed E-state index contributed by atoms with van der Waals surface area (Å²) < 4.78 is 8.84. The van der Waals surface area contributed by atoms with Crippen molar-refractivity contribution in [3.63, 3.8) is 0 Å². The molecular formula is C10H14N2O8. The van der Waals surface area contributed by atoms with E-state index >= 15 is 0 Å². The van der Waals surface area contributed by atoms with Gasteiger partial charge in [0.15, 0.2) is 11.4 Å². The van der Waals surface area contributed by atoms with Crippen molar-refractivity contribution in [1.82, 2.24) is 10.6 Å². The maximum absolute atomic E-state index is 11.1. The second kappa shape index (κ2) is 8.34. The maximum atomic E-state index is 11.1. The lowest BCUT2D eigenvalue weighted by Crippen LogP contribution is -2.37. The number of amides is 2. The molecule has 0 radical (unpaired) electrons. The van der Waals surface area contributed by atoms with Crippen LogP contribution >= 0.6 is 0 Å². The van der Waals surface area contributed by atoms with Gasteiger partial charge in [0, 0.05) is 0 Å². The minimum Gasteiger partial charge on any atom is -0.477 e. The standard InChI is InChI=1S/C10H14N2O8/c1-3-19-9(17)11-5(7(13)14)6(8(15)16)12-10(18)20-4-2/h3-4H2,1-2H3,(H,11,17)(H,12,18)(H,13,14)(H,15,16)/b6-5+. The molecule has 0 aliphatic heterocycles. The molecular weight excluding hydrogens is 276 g/mol. The highest BCUT2D eigenvalue weighted by molar-refractivity contribution is 6.02. The van der Waals surface area contributed by atoms with E-state index in [1.54, 1.807) is 10.6 Å². The van der Waals surface area contributed by atoms with Crippen LogP contribution in [0.2, 0.25) is 0 Å². The average molecular weight is 290 g/mol. The van der Waals surface area contributed by atoms with E-state index in [1.165, 1.54) is 13.8 Å². The van der Waals surface area contributed by atoms with E-state index < -0.39 is 35.5 Å². The van der Waals surface area contributed by atoms with Crippen LogP contribution in [0, 0.1) is 0 Å². The van der Waals surface area contributed by atoms with Gasteiger partial charge in [-0.05, 0) is 13.8 Å². The number of carbonyl (C=O) groups excluding carboxylic acids is 2. The second-order valence-electron chi connectivity index (χ2n) is 3.05. The Balaban J connectivity index is 5.34. The Morgan fingerprint density at radius 3 is 1.30 bits per heavy atom. The average Bonchev–Trinajstić information content (AvgIpc) is 2.33. The summed E-state index contributed by atoms with van der Waals surface area (Å²) in [5.41, 5.74) is -2.10. The van der Waals surface area contributed by atoms with Crippen LogP contribution in [-0.2, 0) is 19.1 Å². The predicted octanol–water partition coefficient (Wildman–Crippen LogP) is -0.141. The van der Waals surface area contributed by atoms with Gasteiger partial charge >= 0.3 is 24.1 Å². The molecule has 20 heavy (non-hydrogen) atoms. The lowest BCUT2D eigenvalue weighted by Gasteiger charge is -2.11. The first-order valence-electron chi connectivity index (χ1n) is 5.41. The van der Waals surface area contributed by atoms with Crippen molar-refractivity contribution >= 4 is 24.1 Å². The van der Waals surface area contributed by atoms with Gasteiger partial charge in [0.25, 0.3) is 0 Å². The first-order chi connectivity index (χ1) is 9.33. The second-order valence-corrected chi connectivity index (χ2v) is 3.05. The number of carboxylic acid groups (broad SMARTS) is 2. The van der Waals surface area contributed by atoms with Crippen LogP contribution in [0.1, 0.15) is 13.8 Å². The molecule has 0 heterocycles. The molecule has 2 amide bonds. The van der Waals surface area contributed by atoms with Crippen LogP contribution in [0.15, 0.2) is 11.4 Å². The number of ether oxygens (including phenoxy) is 2. The highest BCUT2D eigenvalue weighted by Gasteiger charge is 2.25. The fourth-order valence-electron chi connectivity index (χ4n) is 0.984. The molecule has 0 saturated carbocycles. The van der Waals surface area contributed by atoms with Crippen molar-refractivity contribution < 1.29 is 38.9 Å². The van der Waals surface area contributed by atoms with Crippen molar-refractivity contribution in [2.45, 2.75) is 13.8 Å². The zero-order valence-corrected chi connectivity index (χ0v) is 10.8. The Morgan fingerprint density at radius 2 is 1.10 bits per heavy atom. The lowest BCUT2D eigenvalue weighted by molar-refractivity contribution is -0.136. The molecule has 10 nitrogen and oxygen atoms in total. The normalized spacial score (nSPS) is 10.9. The van der Waals surface area contributed by atoms with Crippen molar-refractivity contribution in [2.75, 3.05) is 13.2 Å². The summed E-state index contributed by atoms with van der Waals surface area (Å²) in [4.78, 5) is 44.1. The van der Waals surface area contributed by atoms with E-state index in [0.29, 0.717) is 0 Å². The van der Waals surface area contributed by atoms with Gasteiger partial charge in [0.1, 0.15) is 0 Å². The first kappa shape index (κ1) is 17.2. The summed E-state index contributed by atoms with van der Waals surface area (Å²) in [5.74, 6) is -3.54. The number of carbonyl (C=O) groups is 4. The zero-order valence-electron chi connectivity index (χ0n) is 10.8. The Labute approximate surface area is 113 Å². The Kier molecular flexibility index (Phi) is 7.18. The Morgan fingerprint density at radius 1 is 0.800 bits per heavy atom.